The van der Waals surface area contributed by atoms with E-state index in [2.05, 4.69) is 119 Å². The van der Waals surface area contributed by atoms with E-state index in [4.69, 9.17) is 9.31 Å². The second-order valence-electron chi connectivity index (χ2n) is 10.8. The number of benzene rings is 6. The van der Waals surface area contributed by atoms with Crippen molar-refractivity contribution in [3.63, 3.8) is 0 Å². The summed E-state index contributed by atoms with van der Waals surface area (Å²) in [6.45, 7) is 8.42. The average Bonchev–Trinajstić information content (AvgIpc) is 3.10. The molecule has 0 bridgehead atoms. The maximum atomic E-state index is 6.40. The van der Waals surface area contributed by atoms with Gasteiger partial charge in [-0.1, -0.05) is 91.0 Å². The van der Waals surface area contributed by atoms with Gasteiger partial charge < -0.3 is 9.31 Å². The van der Waals surface area contributed by atoms with Gasteiger partial charge in [0.15, 0.2) is 0 Å². The molecule has 0 atom stereocenters. The first kappa shape index (κ1) is 20.9. The highest BCUT2D eigenvalue weighted by Crippen LogP contribution is 2.44. The predicted octanol–water partition coefficient (Wildman–Crippen LogP) is 7.75. The monoisotopic (exact) mass is 454 g/mol. The van der Waals surface area contributed by atoms with Crippen molar-refractivity contribution in [3.8, 4) is 0 Å². The van der Waals surface area contributed by atoms with Crippen LogP contribution in [0.2, 0.25) is 0 Å². The van der Waals surface area contributed by atoms with Crippen LogP contribution in [0.1, 0.15) is 27.7 Å². The molecule has 7 rings (SSSR count). The lowest BCUT2D eigenvalue weighted by Gasteiger charge is -2.32. The highest BCUT2D eigenvalue weighted by atomic mass is 16.7. The zero-order valence-electron chi connectivity index (χ0n) is 20.6. The number of hydrogen-bond acceptors (Lipinski definition) is 2. The van der Waals surface area contributed by atoms with Crippen molar-refractivity contribution in [1.82, 2.24) is 0 Å². The summed E-state index contributed by atoms with van der Waals surface area (Å²) in [6.07, 6.45) is 0. The first-order chi connectivity index (χ1) is 16.9. The second kappa shape index (κ2) is 7.07. The fourth-order valence-corrected chi connectivity index (χ4v) is 5.77. The lowest BCUT2D eigenvalue weighted by Crippen LogP contribution is -2.41. The third-order valence-corrected chi connectivity index (χ3v) is 8.26. The van der Waals surface area contributed by atoms with Crippen molar-refractivity contribution in [3.05, 3.63) is 91.0 Å². The molecule has 0 N–H and O–H groups in total. The van der Waals surface area contributed by atoms with E-state index in [9.17, 15) is 0 Å². The van der Waals surface area contributed by atoms with Crippen molar-refractivity contribution in [1.29, 1.82) is 0 Å². The van der Waals surface area contributed by atoms with Crippen LogP contribution in [0.25, 0.3) is 53.9 Å². The molecule has 0 radical (unpaired) electrons. The molecule has 35 heavy (non-hydrogen) atoms. The molecule has 0 saturated carbocycles. The molecule has 0 spiro atoms. The molecule has 2 nitrogen and oxygen atoms in total. The van der Waals surface area contributed by atoms with Gasteiger partial charge in [0.2, 0.25) is 0 Å². The fourth-order valence-electron chi connectivity index (χ4n) is 5.77. The summed E-state index contributed by atoms with van der Waals surface area (Å²) < 4.78 is 12.8. The standard InChI is InChI=1S/C32H27BO2/c1-31(2)32(3,4)35-33(34-31)20-17-18-27-28(19-20)23-13-7-10-16-26(23)29-24-14-8-5-11-21(24)22-12-6-9-15-25(22)30(27)29/h5-19H,1-4H3. The molecule has 1 aliphatic heterocycles. The van der Waals surface area contributed by atoms with E-state index in [1.807, 2.05) is 0 Å². The molecule has 0 amide bonds. The lowest BCUT2D eigenvalue weighted by molar-refractivity contribution is 0.00578. The van der Waals surface area contributed by atoms with E-state index in [0.717, 1.165) is 5.46 Å². The van der Waals surface area contributed by atoms with E-state index in [-0.39, 0.29) is 18.3 Å². The predicted molar refractivity (Wildman–Crippen MR) is 150 cm³/mol. The quantitative estimate of drug-likeness (QED) is 0.187. The second-order valence-corrected chi connectivity index (χ2v) is 10.8. The van der Waals surface area contributed by atoms with Gasteiger partial charge in [0.05, 0.1) is 11.2 Å². The SMILES string of the molecule is CC1(C)OB(c2ccc3c(c2)c2ccccc2c2c4ccccc4c4ccccc4c32)OC1(C)C. The molecule has 170 valence electrons. The normalized spacial score (nSPS) is 17.3. The number of hydrogen-bond donors (Lipinski definition) is 0. The average molecular weight is 454 g/mol. The molecule has 6 aromatic rings. The van der Waals surface area contributed by atoms with Gasteiger partial charge in [-0.15, -0.1) is 0 Å². The number of rotatable bonds is 1. The maximum Gasteiger partial charge on any atom is 0.494 e. The van der Waals surface area contributed by atoms with Crippen molar-refractivity contribution in [2.24, 2.45) is 0 Å². The van der Waals surface area contributed by atoms with Crippen LogP contribution in [0.4, 0.5) is 0 Å². The maximum absolute atomic E-state index is 6.40. The van der Waals surface area contributed by atoms with Crippen LogP contribution in [-0.2, 0) is 9.31 Å². The summed E-state index contributed by atoms with van der Waals surface area (Å²) in [5.74, 6) is 0. The Kier molecular flexibility index (Phi) is 4.23. The summed E-state index contributed by atoms with van der Waals surface area (Å²) in [5.41, 5.74) is 0.325. The topological polar surface area (TPSA) is 18.5 Å². The Morgan fingerprint density at radius 1 is 0.457 bits per heavy atom. The van der Waals surface area contributed by atoms with Crippen molar-refractivity contribution >= 4 is 66.4 Å². The Balaban J connectivity index is 1.64. The zero-order valence-corrected chi connectivity index (χ0v) is 20.6. The Bertz CT molecular complexity index is 1800. The third kappa shape index (κ3) is 2.86. The van der Waals surface area contributed by atoms with Gasteiger partial charge >= 0.3 is 7.12 Å². The molecule has 1 heterocycles. The Morgan fingerprint density at radius 3 is 1.29 bits per heavy atom. The Morgan fingerprint density at radius 2 is 0.829 bits per heavy atom. The van der Waals surface area contributed by atoms with Crippen LogP contribution in [0.5, 0.6) is 0 Å². The molecular weight excluding hydrogens is 427 g/mol. The minimum atomic E-state index is -0.382. The minimum absolute atomic E-state index is 0.368. The summed E-state index contributed by atoms with van der Waals surface area (Å²) in [5, 5.41) is 12.9. The Hall–Kier alpha value is -3.40. The lowest BCUT2D eigenvalue weighted by atomic mass is 9.77. The van der Waals surface area contributed by atoms with E-state index in [1.165, 1.54) is 53.9 Å². The van der Waals surface area contributed by atoms with Crippen molar-refractivity contribution in [2.45, 2.75) is 38.9 Å². The molecule has 6 aromatic carbocycles. The zero-order chi connectivity index (χ0) is 23.9. The van der Waals surface area contributed by atoms with Crippen molar-refractivity contribution in [2.75, 3.05) is 0 Å². The molecule has 0 unspecified atom stereocenters. The van der Waals surface area contributed by atoms with Crippen LogP contribution in [0.15, 0.2) is 91.0 Å². The van der Waals surface area contributed by atoms with Gasteiger partial charge in [-0.25, -0.2) is 0 Å². The van der Waals surface area contributed by atoms with Gasteiger partial charge in [0, 0.05) is 0 Å². The Labute approximate surface area is 205 Å². The number of fused-ring (bicyclic) bond motifs is 11. The molecule has 1 fully saturated rings. The van der Waals surface area contributed by atoms with Gasteiger partial charge in [-0.2, -0.15) is 0 Å². The molecule has 0 aliphatic carbocycles. The summed E-state index contributed by atoms with van der Waals surface area (Å²) in [4.78, 5) is 0. The van der Waals surface area contributed by atoms with Crippen LogP contribution < -0.4 is 5.46 Å². The fraction of sp³-hybridized carbons (Fsp3) is 0.188. The van der Waals surface area contributed by atoms with Gasteiger partial charge in [-0.3, -0.25) is 0 Å². The molecule has 3 heteroatoms. The summed E-state index contributed by atoms with van der Waals surface area (Å²) >= 11 is 0. The van der Waals surface area contributed by atoms with Gasteiger partial charge in [0.1, 0.15) is 0 Å². The van der Waals surface area contributed by atoms with Crippen molar-refractivity contribution < 1.29 is 9.31 Å². The highest BCUT2D eigenvalue weighted by molar-refractivity contribution is 6.62. The van der Waals surface area contributed by atoms with E-state index in [1.54, 1.807) is 0 Å². The van der Waals surface area contributed by atoms with Gasteiger partial charge in [0.25, 0.3) is 0 Å². The first-order valence-corrected chi connectivity index (χ1v) is 12.4. The summed E-state index contributed by atoms with van der Waals surface area (Å²) in [6, 6.07) is 33.1. The molecule has 0 aromatic heterocycles. The molecule has 1 aliphatic rings. The van der Waals surface area contributed by atoms with Crippen LogP contribution >= 0.6 is 0 Å². The minimum Gasteiger partial charge on any atom is -0.399 e. The van der Waals surface area contributed by atoms with Gasteiger partial charge in [-0.05, 0) is 87.0 Å². The van der Waals surface area contributed by atoms with E-state index < -0.39 is 0 Å². The first-order valence-electron chi connectivity index (χ1n) is 12.4. The van der Waals surface area contributed by atoms with Crippen LogP contribution in [0, 0.1) is 0 Å². The summed E-state index contributed by atoms with van der Waals surface area (Å²) in [7, 11) is -0.382. The van der Waals surface area contributed by atoms with Crippen LogP contribution in [-0.4, -0.2) is 18.3 Å². The van der Waals surface area contributed by atoms with E-state index in [0.29, 0.717) is 0 Å². The molecule has 1 saturated heterocycles. The highest BCUT2D eigenvalue weighted by Gasteiger charge is 2.51. The van der Waals surface area contributed by atoms with E-state index >= 15 is 0 Å². The van der Waals surface area contributed by atoms with Crippen LogP contribution in [0.3, 0.4) is 0 Å². The smallest absolute Gasteiger partial charge is 0.399 e. The molecular formula is C32H27BO2. The third-order valence-electron chi connectivity index (χ3n) is 8.26. The largest absolute Gasteiger partial charge is 0.494 e.